The van der Waals surface area contributed by atoms with Crippen molar-refractivity contribution in [2.45, 2.75) is 12.7 Å². The second kappa shape index (κ2) is 4.49. The van der Waals surface area contributed by atoms with Crippen LogP contribution >= 0.6 is 0 Å². The van der Waals surface area contributed by atoms with E-state index in [2.05, 4.69) is 4.98 Å². The Morgan fingerprint density at radius 1 is 1.39 bits per heavy atom. The molecule has 2 aromatic rings. The van der Waals surface area contributed by atoms with Gasteiger partial charge in [0.2, 0.25) is 0 Å². The van der Waals surface area contributed by atoms with E-state index in [0.29, 0.717) is 16.7 Å². The van der Waals surface area contributed by atoms with Crippen LogP contribution in [0.5, 0.6) is 0 Å². The Bertz CT molecular complexity index is 600. The SMILES string of the molecule is CN(Cc1ccc2[nH]c(=O)oc2c1)CC(F)(F)F. The van der Waals surface area contributed by atoms with Gasteiger partial charge in [0.1, 0.15) is 0 Å². The molecule has 0 unspecified atom stereocenters. The highest BCUT2D eigenvalue weighted by Gasteiger charge is 2.29. The van der Waals surface area contributed by atoms with Crippen molar-refractivity contribution in [1.29, 1.82) is 0 Å². The van der Waals surface area contributed by atoms with Gasteiger partial charge in [-0.2, -0.15) is 13.2 Å². The number of halogens is 3. The van der Waals surface area contributed by atoms with E-state index in [0.717, 1.165) is 4.90 Å². The minimum atomic E-state index is -4.22. The van der Waals surface area contributed by atoms with Gasteiger partial charge in [-0.15, -0.1) is 0 Å². The van der Waals surface area contributed by atoms with Crippen LogP contribution < -0.4 is 5.76 Å². The number of hydrogen-bond acceptors (Lipinski definition) is 3. The van der Waals surface area contributed by atoms with E-state index in [1.807, 2.05) is 0 Å². The number of aromatic nitrogens is 1. The first-order chi connectivity index (χ1) is 8.33. The van der Waals surface area contributed by atoms with Gasteiger partial charge in [-0.05, 0) is 24.7 Å². The Kier molecular flexibility index (Phi) is 3.16. The quantitative estimate of drug-likeness (QED) is 0.919. The molecule has 0 amide bonds. The maximum atomic E-state index is 12.2. The summed E-state index contributed by atoms with van der Waals surface area (Å²) in [5.41, 5.74) is 1.53. The molecule has 1 aromatic heterocycles. The molecule has 0 atom stereocenters. The molecule has 0 aliphatic carbocycles. The molecule has 98 valence electrons. The van der Waals surface area contributed by atoms with Crippen LogP contribution in [0.2, 0.25) is 0 Å². The molecule has 18 heavy (non-hydrogen) atoms. The number of nitrogens with one attached hydrogen (secondary N) is 1. The fourth-order valence-electron chi connectivity index (χ4n) is 1.76. The molecule has 0 saturated carbocycles. The van der Waals surface area contributed by atoms with Gasteiger partial charge in [0.05, 0.1) is 12.1 Å². The number of rotatable bonds is 3. The van der Waals surface area contributed by atoms with Crippen LogP contribution in [0, 0.1) is 0 Å². The minimum absolute atomic E-state index is 0.129. The van der Waals surface area contributed by atoms with E-state index >= 15 is 0 Å². The summed E-state index contributed by atoms with van der Waals surface area (Å²) in [4.78, 5) is 14.5. The van der Waals surface area contributed by atoms with Crippen LogP contribution in [0.15, 0.2) is 27.4 Å². The highest BCUT2D eigenvalue weighted by molar-refractivity contribution is 5.72. The summed E-state index contributed by atoms with van der Waals surface area (Å²) in [6, 6.07) is 4.82. The van der Waals surface area contributed by atoms with Gasteiger partial charge in [-0.1, -0.05) is 6.07 Å². The van der Waals surface area contributed by atoms with Crippen molar-refractivity contribution >= 4 is 11.1 Å². The highest BCUT2D eigenvalue weighted by atomic mass is 19.4. The van der Waals surface area contributed by atoms with Crippen LogP contribution in [-0.2, 0) is 6.54 Å². The summed E-state index contributed by atoms with van der Waals surface area (Å²) in [6.07, 6.45) is -4.22. The summed E-state index contributed by atoms with van der Waals surface area (Å²) in [5.74, 6) is -0.578. The highest BCUT2D eigenvalue weighted by Crippen LogP contribution is 2.18. The summed E-state index contributed by atoms with van der Waals surface area (Å²) >= 11 is 0. The van der Waals surface area contributed by atoms with Gasteiger partial charge in [-0.25, -0.2) is 4.79 Å². The van der Waals surface area contributed by atoms with Crippen LogP contribution in [0.25, 0.3) is 11.1 Å². The van der Waals surface area contributed by atoms with Crippen molar-refractivity contribution in [2.75, 3.05) is 13.6 Å². The van der Waals surface area contributed by atoms with Crippen molar-refractivity contribution in [3.63, 3.8) is 0 Å². The number of hydrogen-bond donors (Lipinski definition) is 1. The number of alkyl halides is 3. The number of oxazole rings is 1. The van der Waals surface area contributed by atoms with Crippen LogP contribution in [0.4, 0.5) is 13.2 Å². The molecule has 0 aliphatic rings. The molecule has 0 spiro atoms. The number of benzene rings is 1. The van der Waals surface area contributed by atoms with Crippen molar-refractivity contribution in [2.24, 2.45) is 0 Å². The molecule has 0 fully saturated rings. The molecule has 0 saturated heterocycles. The third kappa shape index (κ3) is 3.13. The van der Waals surface area contributed by atoms with Crippen molar-refractivity contribution in [3.05, 3.63) is 34.3 Å². The smallest absolute Gasteiger partial charge is 0.408 e. The summed E-state index contributed by atoms with van der Waals surface area (Å²) in [6.45, 7) is -0.855. The fourth-order valence-corrected chi connectivity index (χ4v) is 1.76. The van der Waals surface area contributed by atoms with E-state index in [9.17, 15) is 18.0 Å². The summed E-state index contributed by atoms with van der Waals surface area (Å²) < 4.78 is 41.3. The van der Waals surface area contributed by atoms with Gasteiger partial charge in [0, 0.05) is 6.54 Å². The van der Waals surface area contributed by atoms with Crippen molar-refractivity contribution < 1.29 is 17.6 Å². The van der Waals surface area contributed by atoms with Crippen LogP contribution in [0.3, 0.4) is 0 Å². The maximum absolute atomic E-state index is 12.2. The maximum Gasteiger partial charge on any atom is 0.417 e. The van der Waals surface area contributed by atoms with Crippen LogP contribution in [-0.4, -0.2) is 29.7 Å². The fraction of sp³-hybridized carbons (Fsp3) is 0.364. The van der Waals surface area contributed by atoms with Gasteiger partial charge in [-0.3, -0.25) is 9.88 Å². The lowest BCUT2D eigenvalue weighted by molar-refractivity contribution is -0.144. The molecule has 1 N–H and O–H groups in total. The number of nitrogens with zero attached hydrogens (tertiary/aromatic N) is 1. The van der Waals surface area contributed by atoms with Crippen LogP contribution in [0.1, 0.15) is 5.56 Å². The lowest BCUT2D eigenvalue weighted by atomic mass is 10.2. The largest absolute Gasteiger partial charge is 0.417 e. The monoisotopic (exact) mass is 260 g/mol. The van der Waals surface area contributed by atoms with E-state index in [-0.39, 0.29) is 6.54 Å². The lowest BCUT2D eigenvalue weighted by Gasteiger charge is -2.18. The predicted molar refractivity (Wildman–Crippen MR) is 59.2 cm³/mol. The Morgan fingerprint density at radius 2 is 2.11 bits per heavy atom. The van der Waals surface area contributed by atoms with E-state index < -0.39 is 18.5 Å². The molecule has 0 radical (unpaired) electrons. The average molecular weight is 260 g/mol. The predicted octanol–water partition coefficient (Wildman–Crippen LogP) is 2.12. The molecular formula is C11H11F3N2O2. The van der Waals surface area contributed by atoms with Gasteiger partial charge in [0.15, 0.2) is 5.58 Å². The zero-order valence-corrected chi connectivity index (χ0v) is 9.54. The zero-order valence-electron chi connectivity index (χ0n) is 9.54. The van der Waals surface area contributed by atoms with Crippen molar-refractivity contribution in [1.82, 2.24) is 9.88 Å². The first-order valence-corrected chi connectivity index (χ1v) is 5.20. The first-order valence-electron chi connectivity index (χ1n) is 5.20. The number of fused-ring (bicyclic) bond motifs is 1. The number of aromatic amines is 1. The Balaban J connectivity index is 2.14. The summed E-state index contributed by atoms with van der Waals surface area (Å²) in [5, 5.41) is 0. The van der Waals surface area contributed by atoms with Gasteiger partial charge in [0.25, 0.3) is 0 Å². The second-order valence-corrected chi connectivity index (χ2v) is 4.13. The third-order valence-electron chi connectivity index (χ3n) is 2.39. The molecule has 2 rings (SSSR count). The number of H-pyrrole nitrogens is 1. The molecular weight excluding hydrogens is 249 g/mol. The lowest BCUT2D eigenvalue weighted by Crippen LogP contribution is -2.30. The second-order valence-electron chi connectivity index (χ2n) is 4.13. The standard InChI is InChI=1S/C11H11F3N2O2/c1-16(6-11(12,13)14)5-7-2-3-8-9(4-7)18-10(17)15-8/h2-4H,5-6H2,1H3,(H,15,17). The van der Waals surface area contributed by atoms with E-state index in [1.165, 1.54) is 7.05 Å². The van der Waals surface area contributed by atoms with Gasteiger partial charge >= 0.3 is 11.9 Å². The Morgan fingerprint density at radius 3 is 2.78 bits per heavy atom. The topological polar surface area (TPSA) is 49.2 Å². The van der Waals surface area contributed by atoms with E-state index in [1.54, 1.807) is 18.2 Å². The third-order valence-corrected chi connectivity index (χ3v) is 2.39. The van der Waals surface area contributed by atoms with E-state index in [4.69, 9.17) is 4.42 Å². The Labute approximate surface area is 100 Å². The molecule has 7 heteroatoms. The first kappa shape index (κ1) is 12.7. The molecule has 4 nitrogen and oxygen atoms in total. The molecule has 0 aliphatic heterocycles. The summed E-state index contributed by atoms with van der Waals surface area (Å²) in [7, 11) is 1.38. The van der Waals surface area contributed by atoms with Gasteiger partial charge < -0.3 is 4.42 Å². The molecule has 1 aromatic carbocycles. The molecule has 0 bridgehead atoms. The van der Waals surface area contributed by atoms with Crippen molar-refractivity contribution in [3.8, 4) is 0 Å². The normalized spacial score (nSPS) is 12.5. The zero-order chi connectivity index (χ0) is 13.3. The average Bonchev–Trinajstić information content (AvgIpc) is 2.53. The molecule has 1 heterocycles. The Hall–Kier alpha value is -1.76. The minimum Gasteiger partial charge on any atom is -0.408 e.